The van der Waals surface area contributed by atoms with E-state index in [1.807, 2.05) is 6.07 Å². The molecule has 3 nitrogen and oxygen atoms in total. The van der Waals surface area contributed by atoms with E-state index in [0.717, 1.165) is 9.13 Å². The zero-order valence-electron chi connectivity index (χ0n) is 6.25. The number of rotatable bonds is 2. The molecule has 1 aromatic carbocycles. The zero-order chi connectivity index (χ0) is 9.14. The summed E-state index contributed by atoms with van der Waals surface area (Å²) in [5.41, 5.74) is 6.89. The fraction of sp³-hybridized carbons (Fsp3) is 0.125. The van der Waals surface area contributed by atoms with Gasteiger partial charge in [0.1, 0.15) is 0 Å². The first-order chi connectivity index (χ1) is 5.58. The molecule has 0 spiro atoms. The topological polar surface area (TPSA) is 63.3 Å². The number of nitrogens with two attached hydrogens (primary N) is 1. The van der Waals surface area contributed by atoms with Crippen molar-refractivity contribution in [3.63, 3.8) is 0 Å². The van der Waals surface area contributed by atoms with Crippen molar-refractivity contribution < 1.29 is 9.90 Å². The summed E-state index contributed by atoms with van der Waals surface area (Å²) in [4.78, 5) is 10.3. The Morgan fingerprint density at radius 2 is 2.17 bits per heavy atom. The van der Waals surface area contributed by atoms with Gasteiger partial charge < -0.3 is 10.8 Å². The maximum absolute atomic E-state index is 10.3. The van der Waals surface area contributed by atoms with Crippen molar-refractivity contribution in [1.29, 1.82) is 0 Å². The largest absolute Gasteiger partial charge is 0.481 e. The molecular weight excluding hydrogens is 269 g/mol. The van der Waals surface area contributed by atoms with Crippen molar-refractivity contribution in [2.45, 2.75) is 6.42 Å². The molecule has 0 aliphatic carbocycles. The van der Waals surface area contributed by atoms with E-state index in [2.05, 4.69) is 22.6 Å². The molecule has 0 aromatic heterocycles. The molecule has 0 aliphatic heterocycles. The summed E-state index contributed by atoms with van der Waals surface area (Å²) in [5.74, 6) is -0.837. The van der Waals surface area contributed by atoms with E-state index in [-0.39, 0.29) is 6.42 Å². The number of nitrogen functional groups attached to an aromatic ring is 1. The van der Waals surface area contributed by atoms with E-state index in [9.17, 15) is 4.79 Å². The Bertz CT molecular complexity index is 292. The molecule has 0 atom stereocenters. The summed E-state index contributed by atoms with van der Waals surface area (Å²) in [6, 6.07) is 5.28. The maximum atomic E-state index is 10.3. The van der Waals surface area contributed by atoms with Gasteiger partial charge in [-0.15, -0.1) is 0 Å². The van der Waals surface area contributed by atoms with Gasteiger partial charge in [0.05, 0.1) is 6.42 Å². The number of aliphatic carboxylic acids is 1. The van der Waals surface area contributed by atoms with Crippen LogP contribution in [0, 0.1) is 3.57 Å². The zero-order valence-corrected chi connectivity index (χ0v) is 8.41. The monoisotopic (exact) mass is 277 g/mol. The average Bonchev–Trinajstić information content (AvgIpc) is 1.81. The van der Waals surface area contributed by atoms with Crippen molar-refractivity contribution in [3.05, 3.63) is 27.3 Å². The first-order valence-electron chi connectivity index (χ1n) is 3.34. The lowest BCUT2D eigenvalue weighted by molar-refractivity contribution is -0.136. The molecule has 0 bridgehead atoms. The Balaban J connectivity index is 2.93. The third-order valence-electron chi connectivity index (χ3n) is 1.34. The van der Waals surface area contributed by atoms with Crippen LogP contribution in [0.4, 0.5) is 5.69 Å². The molecule has 64 valence electrons. The quantitative estimate of drug-likeness (QED) is 0.636. The van der Waals surface area contributed by atoms with Crippen LogP contribution in [-0.4, -0.2) is 11.1 Å². The van der Waals surface area contributed by atoms with Crippen molar-refractivity contribution in [2.24, 2.45) is 0 Å². The molecule has 3 N–H and O–H groups in total. The van der Waals surface area contributed by atoms with Crippen molar-refractivity contribution in [3.8, 4) is 0 Å². The van der Waals surface area contributed by atoms with Gasteiger partial charge in [0.15, 0.2) is 0 Å². The Hall–Kier alpha value is -0.780. The Labute approximate surface area is 83.7 Å². The number of carboxylic acid groups (broad SMARTS) is 1. The molecule has 4 heteroatoms. The normalized spacial score (nSPS) is 9.75. The summed E-state index contributed by atoms with van der Waals surface area (Å²) >= 11 is 2.10. The minimum atomic E-state index is -0.837. The number of hydrogen-bond donors (Lipinski definition) is 2. The molecule has 0 unspecified atom stereocenters. The predicted octanol–water partition coefficient (Wildman–Crippen LogP) is 1.50. The fourth-order valence-corrected chi connectivity index (χ4v) is 1.71. The number of carbonyl (C=O) groups is 1. The van der Waals surface area contributed by atoms with Crippen LogP contribution in [-0.2, 0) is 11.2 Å². The van der Waals surface area contributed by atoms with E-state index < -0.39 is 5.97 Å². The van der Waals surface area contributed by atoms with Gasteiger partial charge in [-0.2, -0.15) is 0 Å². The summed E-state index contributed by atoms with van der Waals surface area (Å²) in [5, 5.41) is 8.51. The molecule has 0 saturated carbocycles. The molecule has 0 heterocycles. The van der Waals surface area contributed by atoms with Crippen molar-refractivity contribution in [2.75, 3.05) is 5.73 Å². The minimum Gasteiger partial charge on any atom is -0.481 e. The van der Waals surface area contributed by atoms with Crippen LogP contribution in [0.5, 0.6) is 0 Å². The van der Waals surface area contributed by atoms with Gasteiger partial charge in [0.25, 0.3) is 0 Å². The van der Waals surface area contributed by atoms with Crippen LogP contribution >= 0.6 is 22.6 Å². The van der Waals surface area contributed by atoms with Crippen LogP contribution in [0.15, 0.2) is 18.2 Å². The number of anilines is 1. The first-order valence-corrected chi connectivity index (χ1v) is 4.42. The van der Waals surface area contributed by atoms with Gasteiger partial charge >= 0.3 is 5.97 Å². The van der Waals surface area contributed by atoms with Crippen LogP contribution in [0.3, 0.4) is 0 Å². The van der Waals surface area contributed by atoms with E-state index in [1.54, 1.807) is 12.1 Å². The minimum absolute atomic E-state index is 0.0288. The first kappa shape index (κ1) is 9.31. The van der Waals surface area contributed by atoms with E-state index in [4.69, 9.17) is 10.8 Å². The lowest BCUT2D eigenvalue weighted by atomic mass is 10.1. The van der Waals surface area contributed by atoms with Crippen molar-refractivity contribution >= 4 is 34.2 Å². The predicted molar refractivity (Wildman–Crippen MR) is 54.9 cm³/mol. The second-order valence-electron chi connectivity index (χ2n) is 2.46. The summed E-state index contributed by atoms with van der Waals surface area (Å²) in [6.45, 7) is 0. The van der Waals surface area contributed by atoms with Crippen LogP contribution in [0.1, 0.15) is 5.56 Å². The molecule has 1 rings (SSSR count). The maximum Gasteiger partial charge on any atom is 0.307 e. The molecule has 0 fully saturated rings. The highest BCUT2D eigenvalue weighted by Gasteiger charge is 2.01. The molecule has 0 aliphatic rings. The van der Waals surface area contributed by atoms with Gasteiger partial charge in [0.2, 0.25) is 0 Å². The molecule has 0 amide bonds. The van der Waals surface area contributed by atoms with Crippen LogP contribution < -0.4 is 5.73 Å². The van der Waals surface area contributed by atoms with Gasteiger partial charge in [-0.3, -0.25) is 4.79 Å². The number of hydrogen-bond acceptors (Lipinski definition) is 2. The van der Waals surface area contributed by atoms with E-state index in [0.29, 0.717) is 5.69 Å². The molecule has 1 aromatic rings. The van der Waals surface area contributed by atoms with E-state index >= 15 is 0 Å². The van der Waals surface area contributed by atoms with Gasteiger partial charge in [0, 0.05) is 9.26 Å². The lowest BCUT2D eigenvalue weighted by Crippen LogP contribution is -2.01. The Morgan fingerprint density at radius 1 is 1.50 bits per heavy atom. The SMILES string of the molecule is Nc1cc(I)cc(CC(=O)O)c1. The van der Waals surface area contributed by atoms with Crippen LogP contribution in [0.2, 0.25) is 0 Å². The Kier molecular flexibility index (Phi) is 2.91. The fourth-order valence-electron chi connectivity index (χ4n) is 0.952. The third-order valence-corrected chi connectivity index (χ3v) is 1.96. The smallest absolute Gasteiger partial charge is 0.307 e. The lowest BCUT2D eigenvalue weighted by Gasteiger charge is -2.00. The number of halogens is 1. The molecule has 0 radical (unpaired) electrons. The summed E-state index contributed by atoms with van der Waals surface area (Å²) in [7, 11) is 0. The highest BCUT2D eigenvalue weighted by Crippen LogP contribution is 2.14. The van der Waals surface area contributed by atoms with E-state index in [1.165, 1.54) is 0 Å². The number of benzene rings is 1. The van der Waals surface area contributed by atoms with Gasteiger partial charge in [-0.1, -0.05) is 0 Å². The summed E-state index contributed by atoms with van der Waals surface area (Å²) < 4.78 is 0.962. The Morgan fingerprint density at radius 3 is 2.67 bits per heavy atom. The highest BCUT2D eigenvalue weighted by molar-refractivity contribution is 14.1. The molecule has 12 heavy (non-hydrogen) atoms. The standard InChI is InChI=1S/C8H8INO2/c9-6-1-5(3-8(11)12)2-7(10)4-6/h1-2,4H,3,10H2,(H,11,12). The molecular formula is C8H8INO2. The summed E-state index contributed by atoms with van der Waals surface area (Å²) in [6.07, 6.45) is 0.0288. The second kappa shape index (κ2) is 3.75. The second-order valence-corrected chi connectivity index (χ2v) is 3.71. The van der Waals surface area contributed by atoms with Crippen LogP contribution in [0.25, 0.3) is 0 Å². The third kappa shape index (κ3) is 2.69. The van der Waals surface area contributed by atoms with Gasteiger partial charge in [-0.25, -0.2) is 0 Å². The van der Waals surface area contributed by atoms with Gasteiger partial charge in [-0.05, 0) is 46.4 Å². The molecule has 0 saturated heterocycles. The van der Waals surface area contributed by atoms with Crippen molar-refractivity contribution in [1.82, 2.24) is 0 Å². The average molecular weight is 277 g/mol. The number of carboxylic acids is 1. The highest BCUT2D eigenvalue weighted by atomic mass is 127.